The summed E-state index contributed by atoms with van der Waals surface area (Å²) in [6.07, 6.45) is 2.37. The summed E-state index contributed by atoms with van der Waals surface area (Å²) in [6, 6.07) is 16.1. The highest BCUT2D eigenvalue weighted by Gasteiger charge is 2.17. The van der Waals surface area contributed by atoms with Gasteiger partial charge in [-0.05, 0) is 37.1 Å². The van der Waals surface area contributed by atoms with E-state index in [0.29, 0.717) is 33.0 Å². The number of ether oxygens (including phenoxy) is 1. The van der Waals surface area contributed by atoms with Gasteiger partial charge in [-0.3, -0.25) is 9.59 Å². The molecule has 166 valence electrons. The van der Waals surface area contributed by atoms with Crippen molar-refractivity contribution in [1.29, 1.82) is 0 Å². The van der Waals surface area contributed by atoms with Gasteiger partial charge in [0.25, 0.3) is 5.91 Å². The molecule has 0 radical (unpaired) electrons. The van der Waals surface area contributed by atoms with Crippen LogP contribution in [0.4, 0.5) is 16.5 Å². The van der Waals surface area contributed by atoms with Crippen LogP contribution in [0, 0.1) is 0 Å². The van der Waals surface area contributed by atoms with Crippen LogP contribution in [0.1, 0.15) is 23.2 Å². The minimum Gasteiger partial charge on any atom is -0.376 e. The first-order chi connectivity index (χ1) is 15.7. The zero-order valence-corrected chi connectivity index (χ0v) is 18.9. The largest absolute Gasteiger partial charge is 0.376 e. The maximum Gasteiger partial charge on any atom is 0.257 e. The highest BCUT2D eigenvalue weighted by Crippen LogP contribution is 2.26. The first-order valence-electron chi connectivity index (χ1n) is 10.2. The number of nitrogens with zero attached hydrogens (tertiary/aromatic N) is 2. The monoisotopic (exact) mass is 469 g/mol. The van der Waals surface area contributed by atoms with E-state index in [1.54, 1.807) is 24.3 Å². The van der Waals surface area contributed by atoms with Crippen molar-refractivity contribution in [3.63, 3.8) is 0 Å². The summed E-state index contributed by atoms with van der Waals surface area (Å²) < 4.78 is 6.28. The topological polar surface area (TPSA) is 105 Å². The van der Waals surface area contributed by atoms with Crippen molar-refractivity contribution in [3.05, 3.63) is 60.2 Å². The van der Waals surface area contributed by atoms with E-state index in [4.69, 9.17) is 4.74 Å². The Bertz CT molecular complexity index is 1050. The highest BCUT2D eigenvalue weighted by molar-refractivity contribution is 8.01. The van der Waals surface area contributed by atoms with Gasteiger partial charge >= 0.3 is 0 Å². The lowest BCUT2D eigenvalue weighted by atomic mass is 10.1. The number of carbonyl (C=O) groups excluding carboxylic acids is 2. The molecule has 0 bridgehead atoms. The molecule has 1 atom stereocenters. The van der Waals surface area contributed by atoms with Gasteiger partial charge in [-0.2, -0.15) is 0 Å². The number of nitrogens with one attached hydrogen (secondary N) is 3. The second-order valence-electron chi connectivity index (χ2n) is 7.09. The summed E-state index contributed by atoms with van der Waals surface area (Å²) in [5.74, 6) is -0.348. The number of hydrogen-bond acceptors (Lipinski definition) is 8. The van der Waals surface area contributed by atoms with Crippen molar-refractivity contribution >= 4 is 51.4 Å². The van der Waals surface area contributed by atoms with Crippen molar-refractivity contribution in [1.82, 2.24) is 10.2 Å². The van der Waals surface area contributed by atoms with Crippen molar-refractivity contribution in [2.45, 2.75) is 23.3 Å². The summed E-state index contributed by atoms with van der Waals surface area (Å²) in [7, 11) is 0. The number of aromatic nitrogens is 2. The summed E-state index contributed by atoms with van der Waals surface area (Å²) >= 11 is 2.71. The number of rotatable bonds is 9. The number of thioether (sulfide) groups is 1. The number of carbonyl (C=O) groups is 2. The van der Waals surface area contributed by atoms with Crippen molar-refractivity contribution in [2.75, 3.05) is 34.9 Å². The third kappa shape index (κ3) is 6.28. The van der Waals surface area contributed by atoms with Crippen molar-refractivity contribution < 1.29 is 14.3 Å². The van der Waals surface area contributed by atoms with E-state index in [9.17, 15) is 9.59 Å². The summed E-state index contributed by atoms with van der Waals surface area (Å²) in [4.78, 5) is 25.1. The van der Waals surface area contributed by atoms with Crippen LogP contribution in [0.15, 0.2) is 58.9 Å². The zero-order chi connectivity index (χ0) is 22.2. The number of hydrogen-bond donors (Lipinski definition) is 3. The normalized spacial score (nSPS) is 15.3. The molecule has 1 aliphatic rings. The van der Waals surface area contributed by atoms with Gasteiger partial charge in [0.2, 0.25) is 11.0 Å². The van der Waals surface area contributed by atoms with E-state index in [2.05, 4.69) is 26.1 Å². The van der Waals surface area contributed by atoms with Crippen LogP contribution in [0.5, 0.6) is 0 Å². The Kier molecular flexibility index (Phi) is 7.70. The highest BCUT2D eigenvalue weighted by atomic mass is 32.2. The fourth-order valence-corrected chi connectivity index (χ4v) is 4.73. The number of amides is 2. The third-order valence-corrected chi connectivity index (χ3v) is 6.73. The van der Waals surface area contributed by atoms with Crippen LogP contribution < -0.4 is 16.0 Å². The van der Waals surface area contributed by atoms with Crippen LogP contribution in [0.3, 0.4) is 0 Å². The number of anilines is 3. The molecule has 1 aromatic heterocycles. The maximum absolute atomic E-state index is 12.7. The van der Waals surface area contributed by atoms with Gasteiger partial charge in [0.15, 0.2) is 4.34 Å². The van der Waals surface area contributed by atoms with Gasteiger partial charge in [-0.15, -0.1) is 10.2 Å². The molecule has 1 saturated heterocycles. The molecule has 4 rings (SSSR count). The molecule has 1 fully saturated rings. The Labute approximate surface area is 194 Å². The molecule has 2 heterocycles. The Morgan fingerprint density at radius 3 is 2.69 bits per heavy atom. The fourth-order valence-electron chi connectivity index (χ4n) is 3.17. The molecule has 8 nitrogen and oxygen atoms in total. The molecule has 0 saturated carbocycles. The Balaban J connectivity index is 1.28. The van der Waals surface area contributed by atoms with Crippen LogP contribution in [-0.4, -0.2) is 47.0 Å². The van der Waals surface area contributed by atoms with E-state index < -0.39 is 0 Å². The Hall–Kier alpha value is -2.95. The minimum absolute atomic E-state index is 0.162. The molecule has 0 aliphatic carbocycles. The van der Waals surface area contributed by atoms with Crippen molar-refractivity contribution in [3.8, 4) is 0 Å². The molecule has 0 unspecified atom stereocenters. The number of benzene rings is 2. The standard InChI is InChI=1S/C22H23N5O3S2/c28-19(14-31-22-27-26-21(32-22)23-13-16-9-6-12-30-16)25-18-11-5-4-10-17(18)20(29)24-15-7-2-1-3-8-15/h1-5,7-8,10-11,16H,6,9,12-14H2,(H,23,26)(H,24,29)(H,25,28)/t16-/m1/s1. The number of para-hydroxylation sites is 2. The van der Waals surface area contributed by atoms with Gasteiger partial charge in [-0.1, -0.05) is 53.4 Å². The SMILES string of the molecule is O=C(CSc1nnc(NC[C@H]2CCCO2)s1)Nc1ccccc1C(=O)Nc1ccccc1. The van der Waals surface area contributed by atoms with Crippen LogP contribution in [-0.2, 0) is 9.53 Å². The Morgan fingerprint density at radius 2 is 1.88 bits per heavy atom. The lowest BCUT2D eigenvalue weighted by Crippen LogP contribution is -2.19. The first-order valence-corrected chi connectivity index (χ1v) is 12.0. The molecule has 32 heavy (non-hydrogen) atoms. The predicted octanol–water partition coefficient (Wildman–Crippen LogP) is 4.11. The van der Waals surface area contributed by atoms with Crippen LogP contribution in [0.2, 0.25) is 0 Å². The molecule has 3 N–H and O–H groups in total. The molecular weight excluding hydrogens is 446 g/mol. The summed E-state index contributed by atoms with van der Waals surface area (Å²) in [5.41, 5.74) is 1.54. The molecule has 1 aliphatic heterocycles. The quantitative estimate of drug-likeness (QED) is 0.405. The van der Waals surface area contributed by atoms with Gasteiger partial charge in [-0.25, -0.2) is 0 Å². The van der Waals surface area contributed by atoms with Crippen LogP contribution in [0.25, 0.3) is 0 Å². The van der Waals surface area contributed by atoms with E-state index >= 15 is 0 Å². The molecule has 0 spiro atoms. The molecule has 10 heteroatoms. The minimum atomic E-state index is -0.286. The smallest absolute Gasteiger partial charge is 0.257 e. The van der Waals surface area contributed by atoms with E-state index in [0.717, 1.165) is 19.4 Å². The maximum atomic E-state index is 12.7. The first kappa shape index (κ1) is 22.3. The van der Waals surface area contributed by atoms with E-state index in [1.807, 2.05) is 30.3 Å². The third-order valence-electron chi connectivity index (χ3n) is 4.72. The molecule has 3 aromatic rings. The second-order valence-corrected chi connectivity index (χ2v) is 9.29. The molecular formula is C22H23N5O3S2. The predicted molar refractivity (Wildman–Crippen MR) is 128 cm³/mol. The van der Waals surface area contributed by atoms with E-state index in [-0.39, 0.29) is 23.7 Å². The van der Waals surface area contributed by atoms with Crippen LogP contribution >= 0.6 is 23.1 Å². The van der Waals surface area contributed by atoms with Gasteiger partial charge in [0, 0.05) is 18.8 Å². The molecule has 2 aromatic carbocycles. The second kappa shape index (κ2) is 11.1. The van der Waals surface area contributed by atoms with E-state index in [1.165, 1.54) is 23.1 Å². The average molecular weight is 470 g/mol. The van der Waals surface area contributed by atoms with Crippen molar-refractivity contribution in [2.24, 2.45) is 0 Å². The lowest BCUT2D eigenvalue weighted by Gasteiger charge is -2.11. The van der Waals surface area contributed by atoms with Gasteiger partial charge in [0.05, 0.1) is 23.1 Å². The lowest BCUT2D eigenvalue weighted by molar-refractivity contribution is -0.113. The molecule has 2 amide bonds. The summed E-state index contributed by atoms with van der Waals surface area (Å²) in [6.45, 7) is 1.53. The van der Waals surface area contributed by atoms with Gasteiger partial charge < -0.3 is 20.7 Å². The Morgan fingerprint density at radius 1 is 1.06 bits per heavy atom. The van der Waals surface area contributed by atoms with Gasteiger partial charge in [0.1, 0.15) is 0 Å². The fraction of sp³-hybridized carbons (Fsp3) is 0.273. The summed E-state index contributed by atoms with van der Waals surface area (Å²) in [5, 5.41) is 17.8. The zero-order valence-electron chi connectivity index (χ0n) is 17.2. The average Bonchev–Trinajstić information content (AvgIpc) is 3.49.